The van der Waals surface area contributed by atoms with Crippen molar-refractivity contribution in [2.75, 3.05) is 13.1 Å². The molecule has 2 unspecified atom stereocenters. The molecule has 0 radical (unpaired) electrons. The van der Waals surface area contributed by atoms with E-state index in [1.807, 2.05) is 0 Å². The number of nitrogens with one attached hydrogen (secondary N) is 2. The summed E-state index contributed by atoms with van der Waals surface area (Å²) in [4.78, 5) is 12.1. The van der Waals surface area contributed by atoms with Crippen LogP contribution in [0.15, 0.2) is 0 Å². The molecule has 0 aromatic rings. The lowest BCUT2D eigenvalue weighted by molar-refractivity contribution is -0.131. The van der Waals surface area contributed by atoms with Gasteiger partial charge in [0.25, 0.3) is 0 Å². The highest BCUT2D eigenvalue weighted by Gasteiger charge is 2.37. The van der Waals surface area contributed by atoms with E-state index in [9.17, 15) is 4.79 Å². The molecule has 0 aromatic carbocycles. The number of hydrogen-bond donors (Lipinski definition) is 2. The van der Waals surface area contributed by atoms with Crippen LogP contribution in [0.4, 0.5) is 0 Å². The number of carbonyl (C=O) groups excluding carboxylic acids is 1. The Morgan fingerprint density at radius 3 is 2.69 bits per heavy atom. The lowest BCUT2D eigenvalue weighted by Gasteiger charge is -2.33. The van der Waals surface area contributed by atoms with E-state index in [0.717, 1.165) is 31.8 Å². The molecule has 1 heterocycles. The summed E-state index contributed by atoms with van der Waals surface area (Å²) in [7, 11) is 0. The molecule has 2 aliphatic rings. The third-order valence-corrected chi connectivity index (χ3v) is 3.83. The molecule has 0 spiro atoms. The van der Waals surface area contributed by atoms with Gasteiger partial charge in [-0.1, -0.05) is 0 Å². The predicted molar refractivity (Wildman–Crippen MR) is 67.8 cm³/mol. The maximum Gasteiger partial charge on any atom is 0.227 e. The van der Waals surface area contributed by atoms with Gasteiger partial charge in [0.15, 0.2) is 0 Å². The molecule has 4 heteroatoms. The maximum atomic E-state index is 12.1. The predicted octanol–water partition coefficient (Wildman–Crippen LogP) is 1.71. The van der Waals surface area contributed by atoms with E-state index in [1.54, 1.807) is 0 Å². The molecule has 1 aliphatic heterocycles. The van der Waals surface area contributed by atoms with Crippen LogP contribution < -0.4 is 10.6 Å². The van der Waals surface area contributed by atoms with Crippen molar-refractivity contribution < 1.29 is 4.79 Å². The van der Waals surface area contributed by atoms with Crippen LogP contribution in [-0.4, -0.2) is 25.0 Å². The molecule has 1 amide bonds. The highest BCUT2D eigenvalue weighted by molar-refractivity contribution is 5.85. The van der Waals surface area contributed by atoms with Crippen molar-refractivity contribution in [2.45, 2.75) is 45.6 Å². The molecule has 2 rings (SSSR count). The van der Waals surface area contributed by atoms with Crippen molar-refractivity contribution in [3.63, 3.8) is 0 Å². The summed E-state index contributed by atoms with van der Waals surface area (Å²) in [5.41, 5.74) is -0.179. The normalized spacial score (nSPS) is 31.4. The Morgan fingerprint density at radius 1 is 1.50 bits per heavy atom. The highest BCUT2D eigenvalue weighted by atomic mass is 35.5. The number of rotatable bonds is 3. The summed E-state index contributed by atoms with van der Waals surface area (Å²) in [6.45, 7) is 6.10. The first-order chi connectivity index (χ1) is 7.12. The lowest BCUT2D eigenvalue weighted by atomic mass is 9.81. The Bertz CT molecular complexity index is 247. The number of hydrogen-bond acceptors (Lipinski definition) is 2. The highest BCUT2D eigenvalue weighted by Crippen LogP contribution is 2.33. The Hall–Kier alpha value is -0.280. The topological polar surface area (TPSA) is 41.1 Å². The van der Waals surface area contributed by atoms with E-state index in [1.165, 1.54) is 12.8 Å². The van der Waals surface area contributed by atoms with Crippen molar-refractivity contribution in [3.8, 4) is 0 Å². The lowest BCUT2D eigenvalue weighted by Crippen LogP contribution is -2.51. The summed E-state index contributed by atoms with van der Waals surface area (Å²) in [5.74, 6) is 0.989. The molecule has 1 saturated heterocycles. The quantitative estimate of drug-likeness (QED) is 0.796. The molecule has 0 bridgehead atoms. The second-order valence-electron chi connectivity index (χ2n) is 5.44. The molecule has 2 fully saturated rings. The molecule has 16 heavy (non-hydrogen) atoms. The Morgan fingerprint density at radius 2 is 2.19 bits per heavy atom. The largest absolute Gasteiger partial charge is 0.353 e. The standard InChI is InChI=1S/C12H22N2O.ClH/c1-9(10-4-5-10)14-11(15)12(2)6-3-7-13-8-12;/h9-10,13H,3-8H2,1-2H3,(H,14,15);1H. The van der Waals surface area contributed by atoms with Gasteiger partial charge in [-0.3, -0.25) is 4.79 Å². The van der Waals surface area contributed by atoms with Gasteiger partial charge in [0, 0.05) is 12.6 Å². The number of piperidine rings is 1. The zero-order chi connectivity index (χ0) is 10.9. The average molecular weight is 247 g/mol. The first-order valence-electron chi connectivity index (χ1n) is 6.13. The minimum atomic E-state index is -0.179. The van der Waals surface area contributed by atoms with Gasteiger partial charge in [0.1, 0.15) is 0 Å². The summed E-state index contributed by atoms with van der Waals surface area (Å²) in [6.07, 6.45) is 4.71. The minimum absolute atomic E-state index is 0. The fraction of sp³-hybridized carbons (Fsp3) is 0.917. The number of amides is 1. The summed E-state index contributed by atoms with van der Waals surface area (Å²) in [6, 6.07) is 0.372. The molecule has 94 valence electrons. The van der Waals surface area contributed by atoms with E-state index in [2.05, 4.69) is 24.5 Å². The van der Waals surface area contributed by atoms with Crippen LogP contribution in [-0.2, 0) is 4.79 Å². The maximum absolute atomic E-state index is 12.1. The first kappa shape index (κ1) is 13.8. The average Bonchev–Trinajstić information content (AvgIpc) is 3.01. The summed E-state index contributed by atoms with van der Waals surface area (Å²) in [5, 5.41) is 6.49. The number of halogens is 1. The third kappa shape index (κ3) is 3.11. The van der Waals surface area contributed by atoms with E-state index in [4.69, 9.17) is 0 Å². The molecular weight excluding hydrogens is 224 g/mol. The Balaban J connectivity index is 0.00000128. The van der Waals surface area contributed by atoms with E-state index < -0.39 is 0 Å². The minimum Gasteiger partial charge on any atom is -0.353 e. The van der Waals surface area contributed by atoms with Gasteiger partial charge in [-0.05, 0) is 52.0 Å². The fourth-order valence-corrected chi connectivity index (χ4v) is 2.35. The molecule has 1 saturated carbocycles. The SMILES string of the molecule is CC(NC(=O)C1(C)CCCNC1)C1CC1.Cl. The number of carbonyl (C=O) groups is 1. The van der Waals surface area contributed by atoms with Crippen LogP contribution in [0.1, 0.15) is 39.5 Å². The molecular formula is C12H23ClN2O. The van der Waals surface area contributed by atoms with Crippen LogP contribution in [0.25, 0.3) is 0 Å². The van der Waals surface area contributed by atoms with Crippen molar-refractivity contribution in [1.82, 2.24) is 10.6 Å². The van der Waals surface area contributed by atoms with Crippen LogP contribution >= 0.6 is 12.4 Å². The molecule has 1 aliphatic carbocycles. The van der Waals surface area contributed by atoms with Crippen LogP contribution in [0.2, 0.25) is 0 Å². The van der Waals surface area contributed by atoms with Crippen LogP contribution in [0.3, 0.4) is 0 Å². The van der Waals surface area contributed by atoms with Crippen LogP contribution in [0, 0.1) is 11.3 Å². The molecule has 2 atom stereocenters. The summed E-state index contributed by atoms with van der Waals surface area (Å²) < 4.78 is 0. The van der Waals surface area contributed by atoms with Crippen molar-refractivity contribution >= 4 is 18.3 Å². The van der Waals surface area contributed by atoms with Gasteiger partial charge in [-0.15, -0.1) is 12.4 Å². The van der Waals surface area contributed by atoms with Gasteiger partial charge in [0.2, 0.25) is 5.91 Å². The smallest absolute Gasteiger partial charge is 0.227 e. The van der Waals surface area contributed by atoms with Crippen molar-refractivity contribution in [1.29, 1.82) is 0 Å². The van der Waals surface area contributed by atoms with Gasteiger partial charge in [0.05, 0.1) is 5.41 Å². The zero-order valence-corrected chi connectivity index (χ0v) is 11.0. The van der Waals surface area contributed by atoms with Crippen LogP contribution in [0.5, 0.6) is 0 Å². The van der Waals surface area contributed by atoms with Gasteiger partial charge in [-0.2, -0.15) is 0 Å². The van der Waals surface area contributed by atoms with E-state index in [-0.39, 0.29) is 23.7 Å². The Kier molecular flexibility index (Phi) is 4.62. The van der Waals surface area contributed by atoms with E-state index in [0.29, 0.717) is 6.04 Å². The monoisotopic (exact) mass is 246 g/mol. The van der Waals surface area contributed by atoms with Gasteiger partial charge in [-0.25, -0.2) is 0 Å². The second-order valence-corrected chi connectivity index (χ2v) is 5.44. The van der Waals surface area contributed by atoms with Crippen molar-refractivity contribution in [3.05, 3.63) is 0 Å². The Labute approximate surface area is 104 Å². The van der Waals surface area contributed by atoms with Gasteiger partial charge >= 0.3 is 0 Å². The molecule has 3 nitrogen and oxygen atoms in total. The third-order valence-electron chi connectivity index (χ3n) is 3.83. The first-order valence-corrected chi connectivity index (χ1v) is 6.13. The van der Waals surface area contributed by atoms with Gasteiger partial charge < -0.3 is 10.6 Å². The second kappa shape index (κ2) is 5.37. The van der Waals surface area contributed by atoms with E-state index >= 15 is 0 Å². The zero-order valence-electron chi connectivity index (χ0n) is 10.2. The molecule has 0 aromatic heterocycles. The van der Waals surface area contributed by atoms with Crippen molar-refractivity contribution in [2.24, 2.45) is 11.3 Å². The molecule has 2 N–H and O–H groups in total. The summed E-state index contributed by atoms with van der Waals surface area (Å²) >= 11 is 0. The fourth-order valence-electron chi connectivity index (χ4n) is 2.35.